The van der Waals surface area contributed by atoms with Crippen molar-refractivity contribution in [3.63, 3.8) is 0 Å². The van der Waals surface area contributed by atoms with Crippen LogP contribution in [0.4, 0.5) is 11.6 Å². The molecule has 4 aromatic rings. The maximum atomic E-state index is 9.62. The summed E-state index contributed by atoms with van der Waals surface area (Å²) in [5, 5.41) is 38.1. The highest BCUT2D eigenvalue weighted by Crippen LogP contribution is 2.35. The maximum Gasteiger partial charge on any atom is 0.257 e. The minimum atomic E-state index is -0.276. The molecule has 0 radical (unpaired) electrons. The molecule has 236 valence electrons. The summed E-state index contributed by atoms with van der Waals surface area (Å²) in [6, 6.07) is 8.40. The van der Waals surface area contributed by atoms with Gasteiger partial charge in [-0.2, -0.15) is 5.26 Å². The number of aliphatic hydroxyl groups excluding tert-OH is 1. The van der Waals surface area contributed by atoms with Crippen molar-refractivity contribution in [3.05, 3.63) is 48.7 Å². The Hall–Kier alpha value is -4.65. The van der Waals surface area contributed by atoms with E-state index in [2.05, 4.69) is 41.8 Å². The van der Waals surface area contributed by atoms with E-state index >= 15 is 0 Å². The van der Waals surface area contributed by atoms with Crippen LogP contribution in [0.1, 0.15) is 44.2 Å². The van der Waals surface area contributed by atoms with Gasteiger partial charge in [0.1, 0.15) is 36.5 Å². The standard InChI is InChI=1S/C30H37N11O4/c1-21(18-40-20-34-37-38-40)45-28-14-22(2-3-23(28)15-31)24-16-32-30(33-17-24)35-27-19-41(36-29(27)44-13-10-42)26-6-4-25(5-7-26)39-8-11-43-12-9-39/h2-3,14,16-17,19-21,25-26,42H,4-13,18H2,1H3,(H,32,33,35). The largest absolute Gasteiger partial charge is 0.487 e. The van der Waals surface area contributed by atoms with Crippen LogP contribution in [0, 0.1) is 11.3 Å². The SMILES string of the molecule is CC(Cn1cnnn1)Oc1cc(-c2cnc(Nc3cn(C4CCC(N5CCOCC5)CC4)nc3OCCO)nc2)ccc1C#N. The smallest absolute Gasteiger partial charge is 0.257 e. The Bertz CT molecular complexity index is 1560. The molecule has 1 aliphatic heterocycles. The van der Waals surface area contributed by atoms with Gasteiger partial charge in [0.25, 0.3) is 5.88 Å². The summed E-state index contributed by atoms with van der Waals surface area (Å²) in [5.74, 6) is 1.23. The second-order valence-electron chi connectivity index (χ2n) is 11.2. The summed E-state index contributed by atoms with van der Waals surface area (Å²) in [6.45, 7) is 5.97. The first-order valence-electron chi connectivity index (χ1n) is 15.2. The summed E-state index contributed by atoms with van der Waals surface area (Å²) in [6.07, 6.45) is 10.9. The third-order valence-corrected chi connectivity index (χ3v) is 8.13. The minimum Gasteiger partial charge on any atom is -0.487 e. The van der Waals surface area contributed by atoms with Crippen LogP contribution in [0.25, 0.3) is 11.1 Å². The molecule has 2 aliphatic rings. The van der Waals surface area contributed by atoms with E-state index in [1.54, 1.807) is 29.2 Å². The number of hydrogen-bond donors (Lipinski definition) is 2. The number of benzene rings is 1. The van der Waals surface area contributed by atoms with Crippen molar-refractivity contribution in [2.45, 2.75) is 57.3 Å². The lowest BCUT2D eigenvalue weighted by Crippen LogP contribution is -2.45. The first-order valence-corrected chi connectivity index (χ1v) is 15.2. The Balaban J connectivity index is 1.12. The van der Waals surface area contributed by atoms with E-state index in [1.807, 2.05) is 23.9 Å². The molecule has 0 bridgehead atoms. The van der Waals surface area contributed by atoms with Crippen molar-refractivity contribution in [2.24, 2.45) is 0 Å². The number of rotatable bonds is 12. The fourth-order valence-corrected chi connectivity index (χ4v) is 5.86. The zero-order valence-corrected chi connectivity index (χ0v) is 25.2. The highest BCUT2D eigenvalue weighted by atomic mass is 16.5. The van der Waals surface area contributed by atoms with Crippen molar-refractivity contribution < 1.29 is 19.3 Å². The van der Waals surface area contributed by atoms with Gasteiger partial charge in [-0.15, -0.1) is 10.2 Å². The van der Waals surface area contributed by atoms with Gasteiger partial charge in [-0.25, -0.2) is 14.6 Å². The summed E-state index contributed by atoms with van der Waals surface area (Å²) >= 11 is 0. The van der Waals surface area contributed by atoms with E-state index in [1.165, 1.54) is 6.33 Å². The lowest BCUT2D eigenvalue weighted by molar-refractivity contribution is 0.00502. The number of nitrogens with zero attached hydrogens (tertiary/aromatic N) is 10. The van der Waals surface area contributed by atoms with Gasteiger partial charge < -0.3 is 24.6 Å². The second-order valence-corrected chi connectivity index (χ2v) is 11.2. The fraction of sp³-hybridized carbons (Fsp3) is 0.500. The number of hydrogen-bond acceptors (Lipinski definition) is 13. The number of tetrazole rings is 1. The van der Waals surface area contributed by atoms with Crippen LogP contribution in [-0.4, -0.2) is 102 Å². The van der Waals surface area contributed by atoms with Crippen molar-refractivity contribution in [3.8, 4) is 28.8 Å². The molecule has 1 saturated heterocycles. The molecule has 6 rings (SSSR count). The van der Waals surface area contributed by atoms with Crippen molar-refractivity contribution in [1.29, 1.82) is 5.26 Å². The molecular formula is C30H37N11O4. The number of nitriles is 1. The molecule has 1 atom stereocenters. The van der Waals surface area contributed by atoms with Crippen molar-refractivity contribution in [2.75, 3.05) is 44.8 Å². The van der Waals surface area contributed by atoms with Crippen LogP contribution in [0.15, 0.2) is 43.1 Å². The topological polar surface area (TPSA) is 174 Å². The fourth-order valence-electron chi connectivity index (χ4n) is 5.86. The zero-order valence-electron chi connectivity index (χ0n) is 25.2. The molecule has 2 fully saturated rings. The van der Waals surface area contributed by atoms with Crippen molar-refractivity contribution >= 4 is 11.6 Å². The van der Waals surface area contributed by atoms with Crippen LogP contribution < -0.4 is 14.8 Å². The number of aromatic nitrogens is 8. The van der Waals surface area contributed by atoms with E-state index in [0.29, 0.717) is 41.4 Å². The molecule has 15 heteroatoms. The van der Waals surface area contributed by atoms with Crippen LogP contribution in [0.2, 0.25) is 0 Å². The van der Waals surface area contributed by atoms with Crippen LogP contribution in [-0.2, 0) is 11.3 Å². The lowest BCUT2D eigenvalue weighted by atomic mass is 9.90. The molecule has 1 unspecified atom stereocenters. The van der Waals surface area contributed by atoms with E-state index in [-0.39, 0.29) is 25.4 Å². The number of nitrogens with one attached hydrogen (secondary N) is 1. The lowest BCUT2D eigenvalue weighted by Gasteiger charge is -2.38. The number of aliphatic hydroxyl groups is 1. The molecule has 15 nitrogen and oxygen atoms in total. The highest BCUT2D eigenvalue weighted by molar-refractivity contribution is 5.67. The average Bonchev–Trinajstić information content (AvgIpc) is 3.74. The Morgan fingerprint density at radius 1 is 1.11 bits per heavy atom. The maximum absolute atomic E-state index is 9.62. The van der Waals surface area contributed by atoms with Crippen LogP contribution in [0.3, 0.4) is 0 Å². The molecule has 2 N–H and O–H groups in total. The van der Waals surface area contributed by atoms with Gasteiger partial charge in [-0.1, -0.05) is 6.07 Å². The Morgan fingerprint density at radius 2 is 1.89 bits per heavy atom. The molecular weight excluding hydrogens is 578 g/mol. The predicted molar refractivity (Wildman–Crippen MR) is 162 cm³/mol. The van der Waals surface area contributed by atoms with Gasteiger partial charge >= 0.3 is 0 Å². The molecule has 1 aliphatic carbocycles. The van der Waals surface area contributed by atoms with Gasteiger partial charge in [0, 0.05) is 37.1 Å². The van der Waals surface area contributed by atoms with E-state index in [0.717, 1.165) is 63.1 Å². The molecule has 3 aromatic heterocycles. The summed E-state index contributed by atoms with van der Waals surface area (Å²) < 4.78 is 20.9. The van der Waals surface area contributed by atoms with E-state index in [4.69, 9.17) is 19.3 Å². The van der Waals surface area contributed by atoms with Gasteiger partial charge in [0.05, 0.1) is 44.2 Å². The minimum absolute atomic E-state index is 0.116. The molecule has 4 heterocycles. The third-order valence-electron chi connectivity index (χ3n) is 8.13. The van der Waals surface area contributed by atoms with Gasteiger partial charge in [-0.3, -0.25) is 9.58 Å². The van der Waals surface area contributed by atoms with E-state index < -0.39 is 0 Å². The average molecular weight is 616 g/mol. The highest BCUT2D eigenvalue weighted by Gasteiger charge is 2.29. The van der Waals surface area contributed by atoms with Gasteiger partial charge in [-0.05, 0) is 60.7 Å². The third kappa shape index (κ3) is 7.54. The molecule has 1 saturated carbocycles. The normalized spacial score (nSPS) is 19.5. The van der Waals surface area contributed by atoms with Gasteiger partial charge in [0.2, 0.25) is 5.95 Å². The second kappa shape index (κ2) is 14.4. The molecule has 0 spiro atoms. The molecule has 45 heavy (non-hydrogen) atoms. The van der Waals surface area contributed by atoms with Gasteiger partial charge in [0.15, 0.2) is 0 Å². The van der Waals surface area contributed by atoms with Crippen LogP contribution >= 0.6 is 0 Å². The quantitative estimate of drug-likeness (QED) is 0.238. The molecule has 1 aromatic carbocycles. The summed E-state index contributed by atoms with van der Waals surface area (Å²) in [7, 11) is 0. The Kier molecular flexibility index (Phi) is 9.74. The number of ether oxygens (including phenoxy) is 3. The van der Waals surface area contributed by atoms with E-state index in [9.17, 15) is 10.4 Å². The monoisotopic (exact) mass is 615 g/mol. The summed E-state index contributed by atoms with van der Waals surface area (Å²) in [5.41, 5.74) is 2.62. The number of morpholine rings is 1. The Morgan fingerprint density at radius 3 is 2.60 bits per heavy atom. The predicted octanol–water partition coefficient (Wildman–Crippen LogP) is 2.60. The van der Waals surface area contributed by atoms with Crippen LogP contribution in [0.5, 0.6) is 11.6 Å². The zero-order chi connectivity index (χ0) is 31.0. The first kappa shape index (κ1) is 30.4. The summed E-state index contributed by atoms with van der Waals surface area (Å²) in [4.78, 5) is 11.6. The molecule has 0 amide bonds. The van der Waals surface area contributed by atoms with Crippen molar-refractivity contribution in [1.82, 2.24) is 44.9 Å². The first-order chi connectivity index (χ1) is 22.1. The Labute approximate surface area is 260 Å². The number of anilines is 2.